The fraction of sp³-hybridized carbons (Fsp3) is 0.800. The van der Waals surface area contributed by atoms with Gasteiger partial charge in [-0.2, -0.15) is 11.8 Å². The Morgan fingerprint density at radius 1 is 1.47 bits per heavy atom. The minimum atomic E-state index is -0.848. The summed E-state index contributed by atoms with van der Waals surface area (Å²) in [6.45, 7) is 1.93. The van der Waals surface area contributed by atoms with E-state index in [1.807, 2.05) is 13.2 Å². The Morgan fingerprint density at radius 3 is 2.47 bits per heavy atom. The molecule has 0 aromatic heterocycles. The maximum Gasteiger partial charge on any atom is 0.307 e. The number of hydrogen-bond acceptors (Lipinski definition) is 3. The Bertz CT molecular complexity index is 257. The lowest BCUT2D eigenvalue weighted by Gasteiger charge is -2.32. The van der Waals surface area contributed by atoms with Crippen molar-refractivity contribution >= 4 is 23.6 Å². The van der Waals surface area contributed by atoms with Gasteiger partial charge >= 0.3 is 5.97 Å². The van der Waals surface area contributed by atoms with Crippen LogP contribution >= 0.6 is 11.8 Å². The molecular formula is C10H17NO3S. The first-order chi connectivity index (χ1) is 7.06. The lowest BCUT2D eigenvalue weighted by Crippen LogP contribution is -2.47. The second-order valence-corrected chi connectivity index (χ2v) is 4.90. The summed E-state index contributed by atoms with van der Waals surface area (Å²) in [7, 11) is 0. The molecule has 0 heterocycles. The van der Waals surface area contributed by atoms with E-state index in [1.165, 1.54) is 0 Å². The smallest absolute Gasteiger partial charge is 0.307 e. The van der Waals surface area contributed by atoms with Crippen LogP contribution < -0.4 is 5.32 Å². The van der Waals surface area contributed by atoms with Gasteiger partial charge in [-0.05, 0) is 26.0 Å². The van der Waals surface area contributed by atoms with Gasteiger partial charge in [0.1, 0.15) is 0 Å². The third kappa shape index (κ3) is 3.12. The molecule has 1 aliphatic carbocycles. The molecule has 4 nitrogen and oxygen atoms in total. The first-order valence-corrected chi connectivity index (χ1v) is 6.47. The van der Waals surface area contributed by atoms with Crippen molar-refractivity contribution in [1.29, 1.82) is 0 Å². The summed E-state index contributed by atoms with van der Waals surface area (Å²) >= 11 is 1.67. The molecule has 2 N–H and O–H groups in total. The maximum absolute atomic E-state index is 11.6. The van der Waals surface area contributed by atoms with Crippen molar-refractivity contribution in [2.24, 2.45) is 11.8 Å². The van der Waals surface area contributed by atoms with Crippen molar-refractivity contribution in [3.05, 3.63) is 0 Å². The number of amides is 1. The number of rotatable bonds is 5. The van der Waals surface area contributed by atoms with E-state index in [0.717, 1.165) is 5.75 Å². The van der Waals surface area contributed by atoms with E-state index in [0.29, 0.717) is 12.8 Å². The van der Waals surface area contributed by atoms with E-state index < -0.39 is 11.9 Å². The molecule has 1 amide bonds. The predicted octanol–water partition coefficient (Wildman–Crippen LogP) is 0.965. The molecule has 15 heavy (non-hydrogen) atoms. The lowest BCUT2D eigenvalue weighted by molar-refractivity contribution is -0.152. The number of carboxylic acids is 1. The quantitative estimate of drug-likeness (QED) is 0.739. The van der Waals surface area contributed by atoms with Gasteiger partial charge in [0.05, 0.1) is 11.8 Å². The van der Waals surface area contributed by atoms with Crippen LogP contribution in [0, 0.1) is 11.8 Å². The summed E-state index contributed by atoms with van der Waals surface area (Å²) in [6, 6.07) is 0.113. The summed E-state index contributed by atoms with van der Waals surface area (Å²) in [5.41, 5.74) is 0. The molecule has 0 aromatic rings. The molecule has 0 spiro atoms. The number of thioether (sulfide) groups is 1. The predicted molar refractivity (Wildman–Crippen MR) is 59.8 cm³/mol. The number of carboxylic acid groups (broad SMARTS) is 1. The third-order valence-electron chi connectivity index (χ3n) is 2.73. The van der Waals surface area contributed by atoms with Gasteiger partial charge in [-0.25, -0.2) is 0 Å². The summed E-state index contributed by atoms with van der Waals surface area (Å²) in [4.78, 5) is 22.4. The average molecular weight is 231 g/mol. The fourth-order valence-corrected chi connectivity index (χ4v) is 2.33. The normalized spacial score (nSPS) is 26.5. The van der Waals surface area contributed by atoms with E-state index in [4.69, 9.17) is 5.11 Å². The second kappa shape index (κ2) is 5.39. The highest BCUT2D eigenvalue weighted by Crippen LogP contribution is 2.34. The molecule has 1 fully saturated rings. The number of carbonyl (C=O) groups excluding carboxylic acids is 1. The van der Waals surface area contributed by atoms with Crippen LogP contribution in [0.25, 0.3) is 0 Å². The van der Waals surface area contributed by atoms with Crippen molar-refractivity contribution < 1.29 is 14.7 Å². The van der Waals surface area contributed by atoms with Crippen LogP contribution in [0.15, 0.2) is 0 Å². The number of hydrogen-bond donors (Lipinski definition) is 2. The number of carbonyl (C=O) groups is 2. The van der Waals surface area contributed by atoms with Crippen LogP contribution in [0.5, 0.6) is 0 Å². The Morgan fingerprint density at radius 2 is 2.07 bits per heavy atom. The average Bonchev–Trinajstić information content (AvgIpc) is 1.99. The summed E-state index contributed by atoms with van der Waals surface area (Å²) in [5.74, 6) is -0.872. The topological polar surface area (TPSA) is 66.4 Å². The molecule has 86 valence electrons. The zero-order valence-corrected chi connectivity index (χ0v) is 9.84. The fourth-order valence-electron chi connectivity index (χ4n) is 1.75. The van der Waals surface area contributed by atoms with Crippen LogP contribution in [0.4, 0.5) is 0 Å². The molecular weight excluding hydrogens is 214 g/mol. The highest BCUT2D eigenvalue weighted by molar-refractivity contribution is 7.98. The van der Waals surface area contributed by atoms with E-state index in [9.17, 15) is 9.59 Å². The standard InChI is InChI=1S/C10H17NO3S/c1-6(5-15-2)11-9(12)7-3-4-8(7)10(13)14/h6-8H,3-5H2,1-2H3,(H,11,12)(H,13,14). The second-order valence-electron chi connectivity index (χ2n) is 3.99. The Balaban J connectivity index is 2.37. The number of nitrogens with one attached hydrogen (secondary N) is 1. The first kappa shape index (κ1) is 12.4. The molecule has 0 aromatic carbocycles. The summed E-state index contributed by atoms with van der Waals surface area (Å²) < 4.78 is 0. The van der Waals surface area contributed by atoms with Gasteiger partial charge in [-0.15, -0.1) is 0 Å². The van der Waals surface area contributed by atoms with Crippen LogP contribution in [-0.2, 0) is 9.59 Å². The lowest BCUT2D eigenvalue weighted by atomic mass is 9.73. The van der Waals surface area contributed by atoms with Gasteiger partial charge in [0.2, 0.25) is 5.91 Å². The molecule has 1 aliphatic rings. The first-order valence-electron chi connectivity index (χ1n) is 5.08. The molecule has 1 rings (SSSR count). The Hall–Kier alpha value is -0.710. The zero-order chi connectivity index (χ0) is 11.4. The molecule has 0 radical (unpaired) electrons. The van der Waals surface area contributed by atoms with Crippen LogP contribution in [0.1, 0.15) is 19.8 Å². The molecule has 3 unspecified atom stereocenters. The highest BCUT2D eigenvalue weighted by atomic mass is 32.2. The SMILES string of the molecule is CSCC(C)NC(=O)C1CCC1C(=O)O. The van der Waals surface area contributed by atoms with Crippen molar-refractivity contribution in [2.45, 2.75) is 25.8 Å². The van der Waals surface area contributed by atoms with Crippen LogP contribution in [0.2, 0.25) is 0 Å². The summed E-state index contributed by atoms with van der Waals surface area (Å²) in [5, 5.41) is 11.7. The molecule has 1 saturated carbocycles. The molecule has 5 heteroatoms. The summed E-state index contributed by atoms with van der Waals surface area (Å²) in [6.07, 6.45) is 3.31. The van der Waals surface area contributed by atoms with Crippen LogP contribution in [-0.4, -0.2) is 35.0 Å². The van der Waals surface area contributed by atoms with E-state index in [1.54, 1.807) is 11.8 Å². The van der Waals surface area contributed by atoms with Gasteiger partial charge < -0.3 is 10.4 Å². The molecule has 0 bridgehead atoms. The molecule has 3 atom stereocenters. The van der Waals surface area contributed by atoms with E-state index in [2.05, 4.69) is 5.32 Å². The van der Waals surface area contributed by atoms with Crippen LogP contribution in [0.3, 0.4) is 0 Å². The molecule has 0 aliphatic heterocycles. The monoisotopic (exact) mass is 231 g/mol. The molecule has 0 saturated heterocycles. The highest BCUT2D eigenvalue weighted by Gasteiger charge is 2.41. The Kier molecular flexibility index (Phi) is 4.45. The largest absolute Gasteiger partial charge is 0.481 e. The maximum atomic E-state index is 11.6. The van der Waals surface area contributed by atoms with E-state index >= 15 is 0 Å². The van der Waals surface area contributed by atoms with Crippen molar-refractivity contribution in [1.82, 2.24) is 5.32 Å². The zero-order valence-electron chi connectivity index (χ0n) is 9.03. The van der Waals surface area contributed by atoms with Gasteiger partial charge in [0, 0.05) is 11.8 Å². The van der Waals surface area contributed by atoms with Gasteiger partial charge in [-0.3, -0.25) is 9.59 Å². The van der Waals surface area contributed by atoms with Crippen molar-refractivity contribution in [3.63, 3.8) is 0 Å². The minimum absolute atomic E-state index is 0.102. The van der Waals surface area contributed by atoms with E-state index in [-0.39, 0.29) is 17.9 Å². The minimum Gasteiger partial charge on any atom is -0.481 e. The Labute approximate surface area is 93.8 Å². The van der Waals surface area contributed by atoms with Gasteiger partial charge in [0.15, 0.2) is 0 Å². The van der Waals surface area contributed by atoms with Crippen molar-refractivity contribution in [2.75, 3.05) is 12.0 Å². The third-order valence-corrected chi connectivity index (χ3v) is 3.57. The number of aliphatic carboxylic acids is 1. The van der Waals surface area contributed by atoms with Gasteiger partial charge in [-0.1, -0.05) is 0 Å². The van der Waals surface area contributed by atoms with Crippen molar-refractivity contribution in [3.8, 4) is 0 Å². The van der Waals surface area contributed by atoms with Gasteiger partial charge in [0.25, 0.3) is 0 Å².